The van der Waals surface area contributed by atoms with E-state index in [0.29, 0.717) is 41.9 Å². The van der Waals surface area contributed by atoms with Crippen molar-refractivity contribution in [3.8, 4) is 5.69 Å². The molecule has 8 heteroatoms. The maximum Gasteiger partial charge on any atom is 0.266 e. The smallest absolute Gasteiger partial charge is 0.266 e. The van der Waals surface area contributed by atoms with Crippen LogP contribution in [0.5, 0.6) is 0 Å². The number of fused-ring (bicyclic) bond motifs is 1. The molecular formula is C28H31N3O4S. The molecule has 0 spiro atoms. The molecule has 4 aromatic rings. The van der Waals surface area contributed by atoms with E-state index in [1.807, 2.05) is 50.2 Å². The number of ether oxygens (including phenoxy) is 1. The number of para-hydroxylation sites is 2. The summed E-state index contributed by atoms with van der Waals surface area (Å²) in [5.74, 6) is 0.389. The lowest BCUT2D eigenvalue weighted by Gasteiger charge is -2.31. The van der Waals surface area contributed by atoms with Gasteiger partial charge in [0.25, 0.3) is 5.56 Å². The fourth-order valence-corrected chi connectivity index (χ4v) is 6.07. The minimum atomic E-state index is -3.90. The normalized spacial score (nSPS) is 12.8. The van der Waals surface area contributed by atoms with Crippen molar-refractivity contribution in [1.29, 1.82) is 0 Å². The Balaban J connectivity index is 1.95. The summed E-state index contributed by atoms with van der Waals surface area (Å²) in [7, 11) is -2.31. The monoisotopic (exact) mass is 505 g/mol. The second kappa shape index (κ2) is 11.2. The van der Waals surface area contributed by atoms with Crippen LogP contribution in [0.25, 0.3) is 16.6 Å². The molecule has 1 heterocycles. The summed E-state index contributed by atoms with van der Waals surface area (Å²) in [6.45, 7) is 4.46. The van der Waals surface area contributed by atoms with Crippen LogP contribution in [0.3, 0.4) is 0 Å². The van der Waals surface area contributed by atoms with Crippen molar-refractivity contribution < 1.29 is 13.2 Å². The standard InChI is InChI=1S/C28H31N3O4S/c1-4-26(30(19-10-20-35-3)36(33,34)23-17-15-21(2)16-18-23)27-29-25-14-9-8-13-24(25)28(32)31(27)22-11-6-5-7-12-22/h5-9,11-18,26H,4,10,19-20H2,1-3H3. The first-order valence-corrected chi connectivity index (χ1v) is 13.5. The third kappa shape index (κ3) is 5.11. The van der Waals surface area contributed by atoms with Gasteiger partial charge in [-0.15, -0.1) is 0 Å². The predicted octanol–water partition coefficient (Wildman–Crippen LogP) is 4.87. The quantitative estimate of drug-likeness (QED) is 0.287. The summed E-state index contributed by atoms with van der Waals surface area (Å²) >= 11 is 0. The molecule has 0 aliphatic rings. The molecule has 0 saturated carbocycles. The number of sulfonamides is 1. The van der Waals surface area contributed by atoms with Gasteiger partial charge in [-0.25, -0.2) is 13.4 Å². The third-order valence-corrected chi connectivity index (χ3v) is 8.13. The molecule has 0 amide bonds. The molecule has 3 aromatic carbocycles. The van der Waals surface area contributed by atoms with Gasteiger partial charge in [-0.3, -0.25) is 9.36 Å². The van der Waals surface area contributed by atoms with Gasteiger partial charge in [0.15, 0.2) is 0 Å². The number of hydrogen-bond donors (Lipinski definition) is 0. The molecule has 0 saturated heterocycles. The Kier molecular flexibility index (Phi) is 7.98. The van der Waals surface area contributed by atoms with E-state index in [4.69, 9.17) is 9.72 Å². The van der Waals surface area contributed by atoms with Crippen LogP contribution >= 0.6 is 0 Å². The Morgan fingerprint density at radius 2 is 1.64 bits per heavy atom. The minimum absolute atomic E-state index is 0.207. The van der Waals surface area contributed by atoms with Crippen molar-refractivity contribution in [3.63, 3.8) is 0 Å². The van der Waals surface area contributed by atoms with Gasteiger partial charge in [-0.2, -0.15) is 4.31 Å². The van der Waals surface area contributed by atoms with Gasteiger partial charge >= 0.3 is 0 Å². The van der Waals surface area contributed by atoms with Crippen molar-refractivity contribution in [2.24, 2.45) is 0 Å². The van der Waals surface area contributed by atoms with Crippen LogP contribution in [0, 0.1) is 6.92 Å². The summed E-state index contributed by atoms with van der Waals surface area (Å²) in [6, 6.07) is 22.5. The van der Waals surface area contributed by atoms with Gasteiger partial charge in [0.1, 0.15) is 5.82 Å². The Labute approximate surface area is 212 Å². The van der Waals surface area contributed by atoms with Crippen LogP contribution in [-0.4, -0.2) is 42.5 Å². The molecule has 0 bridgehead atoms. The first-order chi connectivity index (χ1) is 17.4. The first kappa shape index (κ1) is 25.8. The predicted molar refractivity (Wildman–Crippen MR) is 142 cm³/mol. The van der Waals surface area contributed by atoms with Crippen molar-refractivity contribution in [2.45, 2.75) is 37.6 Å². The van der Waals surface area contributed by atoms with E-state index in [1.54, 1.807) is 54.1 Å². The zero-order valence-corrected chi connectivity index (χ0v) is 21.6. The van der Waals surface area contributed by atoms with E-state index >= 15 is 0 Å². The number of aryl methyl sites for hydroxylation is 1. The van der Waals surface area contributed by atoms with E-state index in [2.05, 4.69) is 0 Å². The van der Waals surface area contributed by atoms with Gasteiger partial charge < -0.3 is 4.74 Å². The van der Waals surface area contributed by atoms with Crippen LogP contribution in [0.4, 0.5) is 0 Å². The van der Waals surface area contributed by atoms with E-state index in [0.717, 1.165) is 5.56 Å². The van der Waals surface area contributed by atoms with E-state index < -0.39 is 16.1 Å². The van der Waals surface area contributed by atoms with Crippen molar-refractivity contribution in [1.82, 2.24) is 13.9 Å². The second-order valence-corrected chi connectivity index (χ2v) is 10.6. The fourth-order valence-electron chi connectivity index (χ4n) is 4.37. The number of rotatable bonds is 10. The largest absolute Gasteiger partial charge is 0.385 e. The molecular weight excluding hydrogens is 474 g/mol. The summed E-state index contributed by atoms with van der Waals surface area (Å²) in [6.07, 6.45) is 0.928. The summed E-state index contributed by atoms with van der Waals surface area (Å²) < 4.78 is 36.2. The molecule has 0 N–H and O–H groups in total. The Hall–Kier alpha value is -3.33. The van der Waals surface area contributed by atoms with Gasteiger partial charge in [-0.05, 0) is 56.2 Å². The van der Waals surface area contributed by atoms with Crippen molar-refractivity contribution in [3.05, 3.63) is 101 Å². The SMILES string of the molecule is CCC(c1nc2ccccc2c(=O)n1-c1ccccc1)N(CCCOC)S(=O)(=O)c1ccc(C)cc1. The second-order valence-electron chi connectivity index (χ2n) is 8.66. The van der Waals surface area contributed by atoms with Gasteiger partial charge in [-0.1, -0.05) is 55.0 Å². The lowest BCUT2D eigenvalue weighted by atomic mass is 10.1. The van der Waals surface area contributed by atoms with Gasteiger partial charge in [0.05, 0.1) is 27.5 Å². The zero-order valence-electron chi connectivity index (χ0n) is 20.8. The molecule has 1 aromatic heterocycles. The molecule has 0 aliphatic carbocycles. The highest BCUT2D eigenvalue weighted by atomic mass is 32.2. The molecule has 7 nitrogen and oxygen atoms in total. The summed E-state index contributed by atoms with van der Waals surface area (Å²) in [5, 5.41) is 0.479. The summed E-state index contributed by atoms with van der Waals surface area (Å²) in [5.41, 5.74) is 1.91. The average Bonchev–Trinajstić information content (AvgIpc) is 2.89. The highest BCUT2D eigenvalue weighted by Crippen LogP contribution is 2.31. The van der Waals surface area contributed by atoms with Crippen LogP contribution in [0.1, 0.15) is 37.2 Å². The van der Waals surface area contributed by atoms with Crippen molar-refractivity contribution >= 4 is 20.9 Å². The van der Waals surface area contributed by atoms with Crippen LogP contribution < -0.4 is 5.56 Å². The molecule has 1 unspecified atom stereocenters. The molecule has 1 atom stereocenters. The lowest BCUT2D eigenvalue weighted by molar-refractivity contribution is 0.179. The van der Waals surface area contributed by atoms with Gasteiger partial charge in [0, 0.05) is 20.3 Å². The third-order valence-electron chi connectivity index (χ3n) is 6.20. The van der Waals surface area contributed by atoms with Crippen LogP contribution in [0.15, 0.2) is 88.6 Å². The molecule has 4 rings (SSSR count). The number of nitrogens with zero attached hydrogens (tertiary/aromatic N) is 3. The van der Waals surface area contributed by atoms with Gasteiger partial charge in [0.2, 0.25) is 10.0 Å². The Morgan fingerprint density at radius 1 is 0.972 bits per heavy atom. The van der Waals surface area contributed by atoms with Crippen LogP contribution in [-0.2, 0) is 14.8 Å². The Morgan fingerprint density at radius 3 is 2.31 bits per heavy atom. The molecule has 188 valence electrons. The first-order valence-electron chi connectivity index (χ1n) is 12.0. The highest BCUT2D eigenvalue weighted by Gasteiger charge is 2.34. The maximum atomic E-state index is 14.0. The Bertz CT molecular complexity index is 1480. The minimum Gasteiger partial charge on any atom is -0.385 e. The topological polar surface area (TPSA) is 81.5 Å². The molecule has 0 radical (unpaired) electrons. The highest BCUT2D eigenvalue weighted by molar-refractivity contribution is 7.89. The fraction of sp³-hybridized carbons (Fsp3) is 0.286. The van der Waals surface area contributed by atoms with E-state index in [-0.39, 0.29) is 17.0 Å². The van der Waals surface area contributed by atoms with Crippen molar-refractivity contribution in [2.75, 3.05) is 20.3 Å². The molecule has 0 fully saturated rings. The zero-order chi connectivity index (χ0) is 25.7. The number of benzene rings is 3. The number of aromatic nitrogens is 2. The number of methoxy groups -OCH3 is 1. The maximum absolute atomic E-state index is 14.0. The van der Waals surface area contributed by atoms with E-state index in [9.17, 15) is 13.2 Å². The number of hydrogen-bond acceptors (Lipinski definition) is 5. The van der Waals surface area contributed by atoms with E-state index in [1.165, 1.54) is 4.31 Å². The molecule has 0 aliphatic heterocycles. The van der Waals surface area contributed by atoms with Crippen LogP contribution in [0.2, 0.25) is 0 Å². The average molecular weight is 506 g/mol. The lowest BCUT2D eigenvalue weighted by Crippen LogP contribution is -2.39. The molecule has 36 heavy (non-hydrogen) atoms. The summed E-state index contributed by atoms with van der Waals surface area (Å²) in [4.78, 5) is 18.8.